The molecule has 1 saturated carbocycles. The third-order valence-corrected chi connectivity index (χ3v) is 4.48. The smallest absolute Gasteiger partial charge is 0.220 e. The van der Waals surface area contributed by atoms with Gasteiger partial charge in [0.25, 0.3) is 0 Å². The third kappa shape index (κ3) is 4.08. The minimum absolute atomic E-state index is 0.0548. The Balaban J connectivity index is 1.88. The Labute approximate surface area is 131 Å². The molecule has 124 valence electrons. The molecule has 1 aromatic rings. The van der Waals surface area contributed by atoms with Crippen LogP contribution >= 0.6 is 0 Å². The summed E-state index contributed by atoms with van der Waals surface area (Å²) in [5.41, 5.74) is 1.82. The van der Waals surface area contributed by atoms with Crippen LogP contribution in [0.5, 0.6) is 0 Å². The minimum Gasteiger partial charge on any atom is -0.388 e. The number of nitrogens with one attached hydrogen (secondary N) is 1. The second kappa shape index (κ2) is 7.74. The van der Waals surface area contributed by atoms with E-state index in [0.29, 0.717) is 12.8 Å². The van der Waals surface area contributed by atoms with Gasteiger partial charge in [-0.25, -0.2) is 0 Å². The third-order valence-electron chi connectivity index (χ3n) is 4.48. The van der Waals surface area contributed by atoms with Crippen molar-refractivity contribution in [2.75, 3.05) is 7.11 Å². The molecule has 1 amide bonds. The lowest BCUT2D eigenvalue weighted by Crippen LogP contribution is -2.48. The van der Waals surface area contributed by atoms with Gasteiger partial charge >= 0.3 is 0 Å². The number of carbonyl (C=O) groups excluding carboxylic acids is 1. The van der Waals surface area contributed by atoms with Crippen LogP contribution in [0.2, 0.25) is 0 Å². The molecule has 2 rings (SSSR count). The van der Waals surface area contributed by atoms with Crippen molar-refractivity contribution in [3.8, 4) is 0 Å². The van der Waals surface area contributed by atoms with E-state index in [9.17, 15) is 9.90 Å². The van der Waals surface area contributed by atoms with Gasteiger partial charge in [-0.15, -0.1) is 0 Å². The number of aliphatic hydroxyl groups is 1. The number of hydrogen-bond acceptors (Lipinski definition) is 5. The lowest BCUT2D eigenvalue weighted by molar-refractivity contribution is -0.123. The van der Waals surface area contributed by atoms with Crippen molar-refractivity contribution >= 4 is 5.91 Å². The van der Waals surface area contributed by atoms with Crippen LogP contribution in [0.15, 0.2) is 4.52 Å². The van der Waals surface area contributed by atoms with Crippen LogP contribution in [0.1, 0.15) is 49.1 Å². The summed E-state index contributed by atoms with van der Waals surface area (Å²) in [6.07, 6.45) is 3.76. The fraction of sp³-hybridized carbons (Fsp3) is 0.750. The van der Waals surface area contributed by atoms with E-state index in [4.69, 9.17) is 9.26 Å². The minimum atomic E-state index is -0.643. The van der Waals surface area contributed by atoms with E-state index >= 15 is 0 Å². The van der Waals surface area contributed by atoms with Gasteiger partial charge in [-0.05, 0) is 33.1 Å². The number of aliphatic hydroxyl groups excluding tert-OH is 1. The number of aryl methyl sites for hydroxylation is 2. The lowest BCUT2D eigenvalue weighted by atomic mass is 10.0. The molecule has 22 heavy (non-hydrogen) atoms. The van der Waals surface area contributed by atoms with Gasteiger partial charge in [0.1, 0.15) is 11.9 Å². The molecule has 2 N–H and O–H groups in total. The van der Waals surface area contributed by atoms with Crippen molar-refractivity contribution in [3.63, 3.8) is 0 Å². The average Bonchev–Trinajstić information content (AvgIpc) is 2.71. The predicted octanol–water partition coefficient (Wildman–Crippen LogP) is 1.66. The van der Waals surface area contributed by atoms with Gasteiger partial charge in [0.05, 0.1) is 17.8 Å². The first-order chi connectivity index (χ1) is 10.5. The lowest BCUT2D eigenvalue weighted by Gasteiger charge is -2.27. The topological polar surface area (TPSA) is 84.6 Å². The van der Waals surface area contributed by atoms with Crippen molar-refractivity contribution in [2.24, 2.45) is 0 Å². The number of amides is 1. The Bertz CT molecular complexity index is 481. The zero-order chi connectivity index (χ0) is 16.1. The number of hydrogen-bond donors (Lipinski definition) is 2. The second-order valence-electron chi connectivity index (χ2n) is 6.03. The highest BCUT2D eigenvalue weighted by atomic mass is 16.5. The molecular formula is C16H26N2O4. The number of carbonyl (C=O) groups is 1. The molecule has 0 aromatic carbocycles. The summed E-state index contributed by atoms with van der Waals surface area (Å²) in [4.78, 5) is 12.2. The number of rotatable bonds is 5. The quantitative estimate of drug-likeness (QED) is 0.808. The van der Waals surface area contributed by atoms with E-state index < -0.39 is 6.10 Å². The molecule has 1 heterocycles. The standard InChI is InChI=1S/C16H26N2O4/c1-10-12(11(2)22-18-10)8-9-15(19)17-13-6-4-5-7-14(21-3)16(13)20/h13-14,16,20H,4-9H2,1-3H3,(H,17,19)/t13-,14-,16-/m1/s1. The van der Waals surface area contributed by atoms with E-state index in [1.165, 1.54) is 0 Å². The largest absolute Gasteiger partial charge is 0.388 e. The number of nitrogens with zero attached hydrogens (tertiary/aromatic N) is 1. The number of aromatic nitrogens is 1. The van der Waals surface area contributed by atoms with E-state index in [1.807, 2.05) is 13.8 Å². The highest BCUT2D eigenvalue weighted by Crippen LogP contribution is 2.21. The van der Waals surface area contributed by atoms with Crippen molar-refractivity contribution in [1.29, 1.82) is 0 Å². The van der Waals surface area contributed by atoms with Crippen LogP contribution in [0, 0.1) is 13.8 Å². The summed E-state index contributed by atoms with van der Waals surface area (Å²) in [5, 5.41) is 17.2. The molecule has 6 heteroatoms. The Morgan fingerprint density at radius 1 is 1.41 bits per heavy atom. The van der Waals surface area contributed by atoms with E-state index in [-0.39, 0.29) is 18.1 Å². The first-order valence-electron chi connectivity index (χ1n) is 7.95. The molecule has 3 atom stereocenters. The van der Waals surface area contributed by atoms with Crippen LogP contribution in [0.3, 0.4) is 0 Å². The van der Waals surface area contributed by atoms with Gasteiger partial charge in [-0.3, -0.25) is 4.79 Å². The molecule has 1 fully saturated rings. The summed E-state index contributed by atoms with van der Waals surface area (Å²) >= 11 is 0. The van der Waals surface area contributed by atoms with Crippen molar-refractivity contribution in [3.05, 3.63) is 17.0 Å². The van der Waals surface area contributed by atoms with Gasteiger partial charge < -0.3 is 19.7 Å². The zero-order valence-electron chi connectivity index (χ0n) is 13.6. The maximum absolute atomic E-state index is 12.2. The average molecular weight is 310 g/mol. The molecule has 6 nitrogen and oxygen atoms in total. The van der Waals surface area contributed by atoms with Crippen LogP contribution in [0.4, 0.5) is 0 Å². The van der Waals surface area contributed by atoms with Crippen LogP contribution < -0.4 is 5.32 Å². The van der Waals surface area contributed by atoms with Crippen molar-refractivity contribution < 1.29 is 19.2 Å². The molecule has 1 aliphatic carbocycles. The van der Waals surface area contributed by atoms with E-state index in [1.54, 1.807) is 7.11 Å². The monoisotopic (exact) mass is 310 g/mol. The maximum Gasteiger partial charge on any atom is 0.220 e. The summed E-state index contributed by atoms with van der Waals surface area (Å²) in [6.45, 7) is 3.73. The molecule has 0 aliphatic heterocycles. The Hall–Kier alpha value is -1.40. The van der Waals surface area contributed by atoms with Crippen molar-refractivity contribution in [1.82, 2.24) is 10.5 Å². The molecular weight excluding hydrogens is 284 g/mol. The highest BCUT2D eigenvalue weighted by molar-refractivity contribution is 5.76. The Morgan fingerprint density at radius 2 is 2.14 bits per heavy atom. The summed E-state index contributed by atoms with van der Waals surface area (Å²) in [5.74, 6) is 0.708. The second-order valence-corrected chi connectivity index (χ2v) is 6.03. The number of methoxy groups -OCH3 is 1. The SMILES string of the molecule is CO[C@@H]1CCCC[C@@H](NC(=O)CCc2c(C)noc2C)[C@H]1O. The van der Waals surface area contributed by atoms with E-state index in [0.717, 1.165) is 42.7 Å². The fourth-order valence-electron chi connectivity index (χ4n) is 3.10. The molecule has 0 unspecified atom stereocenters. The predicted molar refractivity (Wildman–Crippen MR) is 81.5 cm³/mol. The highest BCUT2D eigenvalue weighted by Gasteiger charge is 2.31. The molecule has 1 aromatic heterocycles. The normalized spacial score (nSPS) is 25.7. The van der Waals surface area contributed by atoms with Crippen LogP contribution in [-0.2, 0) is 16.0 Å². The Morgan fingerprint density at radius 3 is 2.77 bits per heavy atom. The van der Waals surface area contributed by atoms with Crippen LogP contribution in [-0.4, -0.2) is 41.5 Å². The molecule has 0 spiro atoms. The maximum atomic E-state index is 12.2. The zero-order valence-corrected chi connectivity index (χ0v) is 13.6. The van der Waals surface area contributed by atoms with E-state index in [2.05, 4.69) is 10.5 Å². The summed E-state index contributed by atoms with van der Waals surface area (Å²) in [7, 11) is 1.61. The van der Waals surface area contributed by atoms with Gasteiger partial charge in [0.2, 0.25) is 5.91 Å². The summed E-state index contributed by atoms with van der Waals surface area (Å²) in [6, 6.07) is -0.232. The first-order valence-corrected chi connectivity index (χ1v) is 7.95. The molecule has 0 bridgehead atoms. The van der Waals surface area contributed by atoms with Gasteiger partial charge in [0, 0.05) is 19.1 Å². The molecule has 0 saturated heterocycles. The summed E-state index contributed by atoms with van der Waals surface area (Å²) < 4.78 is 10.4. The van der Waals surface area contributed by atoms with Crippen LogP contribution in [0.25, 0.3) is 0 Å². The first kappa shape index (κ1) is 17.0. The van der Waals surface area contributed by atoms with Gasteiger partial charge in [0.15, 0.2) is 0 Å². The molecule has 0 radical (unpaired) electrons. The molecule has 1 aliphatic rings. The fourth-order valence-corrected chi connectivity index (χ4v) is 3.10. The van der Waals surface area contributed by atoms with Gasteiger partial charge in [-0.2, -0.15) is 0 Å². The Kier molecular flexibility index (Phi) is 5.97. The van der Waals surface area contributed by atoms with Gasteiger partial charge in [-0.1, -0.05) is 18.0 Å². The van der Waals surface area contributed by atoms with Crippen molar-refractivity contribution in [2.45, 2.75) is 70.6 Å². The number of ether oxygens (including phenoxy) is 1.